The first-order valence-corrected chi connectivity index (χ1v) is 4.78. The maximum atomic E-state index is 11.5. The molecule has 0 aliphatic rings. The quantitative estimate of drug-likeness (QED) is 0.793. The van der Waals surface area contributed by atoms with Crippen LogP contribution < -0.4 is 14.8 Å². The lowest BCUT2D eigenvalue weighted by molar-refractivity contribution is -0.112. The van der Waals surface area contributed by atoms with Crippen molar-refractivity contribution in [1.82, 2.24) is 0 Å². The van der Waals surface area contributed by atoms with Crippen LogP contribution in [0.2, 0.25) is 0 Å². The Morgan fingerprint density at radius 2 is 2.00 bits per heavy atom. The maximum absolute atomic E-state index is 11.5. The van der Waals surface area contributed by atoms with Gasteiger partial charge in [0, 0.05) is 5.57 Å². The second-order valence-corrected chi connectivity index (χ2v) is 3.28. The minimum Gasteiger partial charge on any atom is -0.493 e. The van der Waals surface area contributed by atoms with E-state index in [0.717, 1.165) is 0 Å². The van der Waals surface area contributed by atoms with Crippen molar-refractivity contribution in [2.45, 2.75) is 6.92 Å². The van der Waals surface area contributed by atoms with Gasteiger partial charge in [0.15, 0.2) is 11.5 Å². The molecule has 0 fully saturated rings. The summed E-state index contributed by atoms with van der Waals surface area (Å²) in [4.78, 5) is 11.5. The van der Waals surface area contributed by atoms with E-state index in [1.165, 1.54) is 7.11 Å². The Labute approximate surface area is 94.9 Å². The van der Waals surface area contributed by atoms with Gasteiger partial charge >= 0.3 is 0 Å². The summed E-state index contributed by atoms with van der Waals surface area (Å²) in [5.41, 5.74) is 1.000. The fourth-order valence-electron chi connectivity index (χ4n) is 1.21. The van der Waals surface area contributed by atoms with E-state index in [-0.39, 0.29) is 5.91 Å². The van der Waals surface area contributed by atoms with Crippen LogP contribution in [0.25, 0.3) is 0 Å². The Bertz CT molecular complexity index is 413. The monoisotopic (exact) mass is 221 g/mol. The number of carbonyl (C=O) groups is 1. The Kier molecular flexibility index (Phi) is 3.94. The van der Waals surface area contributed by atoms with Gasteiger partial charge in [0.1, 0.15) is 0 Å². The third-order valence-electron chi connectivity index (χ3n) is 2.04. The first-order chi connectivity index (χ1) is 7.60. The topological polar surface area (TPSA) is 47.6 Å². The number of rotatable bonds is 4. The molecule has 16 heavy (non-hydrogen) atoms. The SMILES string of the molecule is C=C(C)C(=O)Nc1cccc(OC)c1OC. The van der Waals surface area contributed by atoms with E-state index in [4.69, 9.17) is 9.47 Å². The molecule has 0 saturated carbocycles. The number of hydrogen-bond donors (Lipinski definition) is 1. The van der Waals surface area contributed by atoms with Gasteiger partial charge in [-0.2, -0.15) is 0 Å². The van der Waals surface area contributed by atoms with Gasteiger partial charge in [-0.05, 0) is 19.1 Å². The standard InChI is InChI=1S/C12H15NO3/c1-8(2)12(14)13-9-6-5-7-10(15-3)11(9)16-4/h5-7H,1H2,2-4H3,(H,13,14). The van der Waals surface area contributed by atoms with Crippen LogP contribution in [-0.2, 0) is 4.79 Å². The number of amides is 1. The number of para-hydroxylation sites is 1. The summed E-state index contributed by atoms with van der Waals surface area (Å²) < 4.78 is 10.3. The van der Waals surface area contributed by atoms with Crippen molar-refractivity contribution < 1.29 is 14.3 Å². The molecule has 0 aromatic heterocycles. The van der Waals surface area contributed by atoms with Gasteiger partial charge in [0.2, 0.25) is 0 Å². The summed E-state index contributed by atoms with van der Waals surface area (Å²) in [5, 5.41) is 2.69. The van der Waals surface area contributed by atoms with E-state index in [0.29, 0.717) is 22.8 Å². The molecule has 1 aromatic rings. The van der Waals surface area contributed by atoms with Crippen LogP contribution in [0, 0.1) is 0 Å². The van der Waals surface area contributed by atoms with Gasteiger partial charge in [-0.15, -0.1) is 0 Å². The van der Waals surface area contributed by atoms with E-state index in [1.54, 1.807) is 32.2 Å². The number of hydrogen-bond acceptors (Lipinski definition) is 3. The maximum Gasteiger partial charge on any atom is 0.250 e. The molecule has 1 rings (SSSR count). The molecule has 0 heterocycles. The average molecular weight is 221 g/mol. The molecule has 4 nitrogen and oxygen atoms in total. The zero-order valence-corrected chi connectivity index (χ0v) is 9.66. The molecular weight excluding hydrogens is 206 g/mol. The number of ether oxygens (including phenoxy) is 2. The number of benzene rings is 1. The molecule has 4 heteroatoms. The predicted octanol–water partition coefficient (Wildman–Crippen LogP) is 2.22. The van der Waals surface area contributed by atoms with Crippen molar-refractivity contribution in [3.8, 4) is 11.5 Å². The van der Waals surface area contributed by atoms with E-state index in [2.05, 4.69) is 11.9 Å². The van der Waals surface area contributed by atoms with Crippen molar-refractivity contribution in [2.24, 2.45) is 0 Å². The lowest BCUT2D eigenvalue weighted by Gasteiger charge is -2.13. The molecule has 86 valence electrons. The molecule has 0 saturated heterocycles. The van der Waals surface area contributed by atoms with Crippen molar-refractivity contribution in [1.29, 1.82) is 0 Å². The largest absolute Gasteiger partial charge is 0.493 e. The summed E-state index contributed by atoms with van der Waals surface area (Å²) in [6.45, 7) is 5.21. The van der Waals surface area contributed by atoms with Crippen LogP contribution in [0.3, 0.4) is 0 Å². The van der Waals surface area contributed by atoms with Crippen LogP contribution in [-0.4, -0.2) is 20.1 Å². The summed E-state index contributed by atoms with van der Waals surface area (Å²) >= 11 is 0. The van der Waals surface area contributed by atoms with Crippen LogP contribution in [0.5, 0.6) is 11.5 Å². The highest BCUT2D eigenvalue weighted by molar-refractivity contribution is 6.03. The van der Waals surface area contributed by atoms with E-state index >= 15 is 0 Å². The molecule has 1 aromatic carbocycles. The average Bonchev–Trinajstić information content (AvgIpc) is 2.28. The molecule has 0 spiro atoms. The Morgan fingerprint density at radius 3 is 2.50 bits per heavy atom. The molecule has 1 amide bonds. The van der Waals surface area contributed by atoms with Gasteiger partial charge in [0.05, 0.1) is 19.9 Å². The van der Waals surface area contributed by atoms with Crippen molar-refractivity contribution >= 4 is 11.6 Å². The number of nitrogens with one attached hydrogen (secondary N) is 1. The number of anilines is 1. The Balaban J connectivity index is 3.04. The van der Waals surface area contributed by atoms with Crippen LogP contribution in [0.1, 0.15) is 6.92 Å². The number of carbonyl (C=O) groups excluding carboxylic acids is 1. The van der Waals surface area contributed by atoms with Crippen molar-refractivity contribution in [2.75, 3.05) is 19.5 Å². The molecule has 0 aliphatic carbocycles. The highest BCUT2D eigenvalue weighted by Crippen LogP contribution is 2.34. The minimum absolute atomic E-state index is 0.244. The third kappa shape index (κ3) is 2.53. The molecule has 1 N–H and O–H groups in total. The normalized spacial score (nSPS) is 9.44. The molecule has 0 radical (unpaired) electrons. The Morgan fingerprint density at radius 1 is 1.31 bits per heavy atom. The third-order valence-corrected chi connectivity index (χ3v) is 2.04. The molecule has 0 unspecified atom stereocenters. The summed E-state index contributed by atoms with van der Waals surface area (Å²) in [6.07, 6.45) is 0. The highest BCUT2D eigenvalue weighted by Gasteiger charge is 2.11. The van der Waals surface area contributed by atoms with Crippen molar-refractivity contribution in [3.05, 3.63) is 30.4 Å². The lowest BCUT2D eigenvalue weighted by atomic mass is 10.2. The predicted molar refractivity (Wildman–Crippen MR) is 63.0 cm³/mol. The van der Waals surface area contributed by atoms with E-state index in [9.17, 15) is 4.79 Å². The van der Waals surface area contributed by atoms with Gasteiger partial charge in [-0.25, -0.2) is 0 Å². The fourth-order valence-corrected chi connectivity index (χ4v) is 1.21. The summed E-state index contributed by atoms with van der Waals surface area (Å²) in [7, 11) is 3.07. The number of methoxy groups -OCH3 is 2. The van der Waals surface area contributed by atoms with Crippen LogP contribution in [0.4, 0.5) is 5.69 Å². The van der Waals surface area contributed by atoms with Gasteiger partial charge in [-0.3, -0.25) is 4.79 Å². The zero-order valence-electron chi connectivity index (χ0n) is 9.66. The van der Waals surface area contributed by atoms with E-state index in [1.807, 2.05) is 0 Å². The van der Waals surface area contributed by atoms with Gasteiger partial charge < -0.3 is 14.8 Å². The summed E-state index contributed by atoms with van der Waals surface area (Å²) in [6, 6.07) is 5.27. The highest BCUT2D eigenvalue weighted by atomic mass is 16.5. The van der Waals surface area contributed by atoms with Crippen LogP contribution in [0.15, 0.2) is 30.4 Å². The van der Waals surface area contributed by atoms with Gasteiger partial charge in [0.25, 0.3) is 5.91 Å². The second kappa shape index (κ2) is 5.21. The minimum atomic E-state index is -0.244. The smallest absolute Gasteiger partial charge is 0.250 e. The van der Waals surface area contributed by atoms with Crippen LogP contribution >= 0.6 is 0 Å². The van der Waals surface area contributed by atoms with Gasteiger partial charge in [-0.1, -0.05) is 12.6 Å². The Hall–Kier alpha value is -1.97. The molecule has 0 atom stereocenters. The summed E-state index contributed by atoms with van der Waals surface area (Å²) in [5.74, 6) is 0.827. The van der Waals surface area contributed by atoms with E-state index < -0.39 is 0 Å². The molecular formula is C12H15NO3. The first-order valence-electron chi connectivity index (χ1n) is 4.78. The lowest BCUT2D eigenvalue weighted by Crippen LogP contribution is -2.12. The fraction of sp³-hybridized carbons (Fsp3) is 0.250. The first kappa shape index (κ1) is 12.1. The molecule has 0 aliphatic heterocycles. The van der Waals surface area contributed by atoms with Crippen molar-refractivity contribution in [3.63, 3.8) is 0 Å². The zero-order chi connectivity index (χ0) is 12.1. The molecule has 0 bridgehead atoms. The second-order valence-electron chi connectivity index (χ2n) is 3.28.